The number of carboxylic acid groups (broad SMARTS) is 2. The van der Waals surface area contributed by atoms with Crippen LogP contribution in [0.4, 0.5) is 29.1 Å². The smallest absolute Gasteiger partial charge is 0.478 e. The van der Waals surface area contributed by atoms with Gasteiger partial charge in [0, 0.05) is 13.1 Å². The van der Waals surface area contributed by atoms with Crippen LogP contribution in [0.25, 0.3) is 0 Å². The Bertz CT molecular complexity index is 1350. The molecule has 0 amide bonds. The van der Waals surface area contributed by atoms with Gasteiger partial charge in [0.15, 0.2) is 0 Å². The molecule has 1 heterocycles. The number of aliphatic carboxylic acids is 1. The molecule has 0 spiro atoms. The van der Waals surface area contributed by atoms with E-state index in [1.54, 1.807) is 4.90 Å². The number of pyridine rings is 1. The fourth-order valence-electron chi connectivity index (χ4n) is 2.91. The van der Waals surface area contributed by atoms with E-state index in [-0.39, 0.29) is 22.0 Å². The van der Waals surface area contributed by atoms with E-state index in [1.165, 1.54) is 24.4 Å². The molecule has 0 saturated heterocycles. The number of alkyl halides is 3. The third-order valence-electron chi connectivity index (χ3n) is 4.60. The molecule has 3 aromatic rings. The number of carbonyl (C=O) groups is 2. The van der Waals surface area contributed by atoms with Gasteiger partial charge in [0.25, 0.3) is 10.0 Å². The van der Waals surface area contributed by atoms with Crippen molar-refractivity contribution in [1.82, 2.24) is 4.98 Å². The van der Waals surface area contributed by atoms with Gasteiger partial charge in [-0.2, -0.15) is 13.2 Å². The number of hydrogen-bond acceptors (Lipinski definition) is 6. The molecule has 0 atom stereocenters. The molecule has 0 unspecified atom stereocenters. The van der Waals surface area contributed by atoms with Crippen LogP contribution < -0.4 is 9.62 Å². The zero-order valence-corrected chi connectivity index (χ0v) is 19.9. The first-order chi connectivity index (χ1) is 17.2. The highest BCUT2D eigenvalue weighted by molar-refractivity contribution is 7.92. The summed E-state index contributed by atoms with van der Waals surface area (Å²) in [7, 11) is -4.10. The summed E-state index contributed by atoms with van der Waals surface area (Å²) in [6.45, 7) is 2.81. The van der Waals surface area contributed by atoms with E-state index in [0.29, 0.717) is 13.1 Å². The number of anilines is 2. The van der Waals surface area contributed by atoms with Crippen LogP contribution in [0.5, 0.6) is 0 Å². The lowest BCUT2D eigenvalue weighted by Gasteiger charge is -2.24. The lowest BCUT2D eigenvalue weighted by Crippen LogP contribution is -2.25. The van der Waals surface area contributed by atoms with Gasteiger partial charge >= 0.3 is 18.1 Å². The number of benzene rings is 2. The third kappa shape index (κ3) is 8.45. The maximum Gasteiger partial charge on any atom is 0.490 e. The summed E-state index contributed by atoms with van der Waals surface area (Å²) < 4.78 is 72.3. The highest BCUT2D eigenvalue weighted by atomic mass is 32.2. The van der Waals surface area contributed by atoms with Gasteiger partial charge in [-0.05, 0) is 36.8 Å². The summed E-state index contributed by atoms with van der Waals surface area (Å²) in [6, 6.07) is 15.2. The number of sulfonamides is 1. The molecule has 37 heavy (non-hydrogen) atoms. The van der Waals surface area contributed by atoms with Crippen molar-refractivity contribution in [2.24, 2.45) is 0 Å². The van der Waals surface area contributed by atoms with Crippen LogP contribution in [0.1, 0.15) is 22.8 Å². The predicted molar refractivity (Wildman–Crippen MR) is 125 cm³/mol. The number of hydrogen-bond donors (Lipinski definition) is 3. The first-order valence-electron chi connectivity index (χ1n) is 10.3. The fourth-order valence-corrected chi connectivity index (χ4v) is 3.98. The van der Waals surface area contributed by atoms with Crippen molar-refractivity contribution < 1.29 is 45.8 Å². The van der Waals surface area contributed by atoms with E-state index < -0.39 is 34.0 Å². The number of nitrogens with one attached hydrogen (secondary N) is 1. The molecule has 3 rings (SSSR count). The number of carboxylic acids is 2. The molecule has 198 valence electrons. The van der Waals surface area contributed by atoms with Crippen LogP contribution in [0.15, 0.2) is 71.8 Å². The predicted octanol–water partition coefficient (Wildman–Crippen LogP) is 4.38. The molecule has 3 N–H and O–H groups in total. The van der Waals surface area contributed by atoms with Crippen molar-refractivity contribution in [2.75, 3.05) is 16.2 Å². The second-order valence-electron chi connectivity index (χ2n) is 7.27. The Kier molecular flexibility index (Phi) is 9.54. The van der Waals surface area contributed by atoms with Gasteiger partial charge in [-0.3, -0.25) is 4.72 Å². The van der Waals surface area contributed by atoms with Gasteiger partial charge in [0.05, 0.1) is 16.8 Å². The molecule has 9 nitrogen and oxygen atoms in total. The van der Waals surface area contributed by atoms with Crippen LogP contribution in [0.2, 0.25) is 0 Å². The lowest BCUT2D eigenvalue weighted by molar-refractivity contribution is -0.192. The summed E-state index contributed by atoms with van der Waals surface area (Å²) in [5, 5.41) is 16.8. The molecular formula is C23H21F4N3O6S. The zero-order chi connectivity index (χ0) is 27.8. The fraction of sp³-hybridized carbons (Fsp3) is 0.174. The molecule has 14 heteroatoms. The summed E-state index contributed by atoms with van der Waals surface area (Å²) in [5.41, 5.74) is 0.803. The number of halogens is 4. The average molecular weight is 543 g/mol. The molecule has 0 bridgehead atoms. The minimum absolute atomic E-state index is 0.0313. The van der Waals surface area contributed by atoms with Crippen molar-refractivity contribution in [1.29, 1.82) is 0 Å². The summed E-state index contributed by atoms with van der Waals surface area (Å²) in [4.78, 5) is 26.4. The Hall–Kier alpha value is -4.20. The number of rotatable bonds is 8. The van der Waals surface area contributed by atoms with Crippen molar-refractivity contribution in [3.63, 3.8) is 0 Å². The van der Waals surface area contributed by atoms with Gasteiger partial charge in [-0.1, -0.05) is 36.4 Å². The Balaban J connectivity index is 0.000000604. The molecule has 0 radical (unpaired) electrons. The third-order valence-corrected chi connectivity index (χ3v) is 5.97. The van der Waals surface area contributed by atoms with Gasteiger partial charge in [-0.25, -0.2) is 27.4 Å². The minimum Gasteiger partial charge on any atom is -0.478 e. The van der Waals surface area contributed by atoms with Gasteiger partial charge in [0.1, 0.15) is 17.2 Å². The van der Waals surface area contributed by atoms with Gasteiger partial charge in [0.2, 0.25) is 0 Å². The Labute approximate surface area is 209 Å². The van der Waals surface area contributed by atoms with E-state index in [2.05, 4.69) is 9.71 Å². The summed E-state index contributed by atoms with van der Waals surface area (Å²) in [5.74, 6) is -4.47. The number of aromatic nitrogens is 1. The maximum absolute atomic E-state index is 13.4. The number of nitrogens with zero attached hydrogens (tertiary/aromatic N) is 2. The second kappa shape index (κ2) is 12.2. The van der Waals surface area contributed by atoms with Crippen LogP contribution in [-0.4, -0.2) is 48.3 Å². The monoisotopic (exact) mass is 543 g/mol. The minimum atomic E-state index is -5.08. The van der Waals surface area contributed by atoms with E-state index in [4.69, 9.17) is 9.90 Å². The second-order valence-corrected chi connectivity index (χ2v) is 8.95. The van der Waals surface area contributed by atoms with Crippen molar-refractivity contribution in [2.45, 2.75) is 24.5 Å². The maximum atomic E-state index is 13.4. The normalized spacial score (nSPS) is 11.2. The van der Waals surface area contributed by atoms with E-state index in [9.17, 15) is 35.9 Å². The SMILES string of the molecule is CCN(Cc1ccccc1)c1ncc(NS(=O)(=O)c2cccc(F)c2)cc1C(=O)O.O=C(O)C(F)(F)F. The molecular weight excluding hydrogens is 522 g/mol. The number of aromatic carboxylic acids is 1. The topological polar surface area (TPSA) is 137 Å². The molecule has 0 saturated carbocycles. The van der Waals surface area contributed by atoms with Crippen molar-refractivity contribution in [3.05, 3.63) is 83.8 Å². The lowest BCUT2D eigenvalue weighted by atomic mass is 10.2. The first-order valence-corrected chi connectivity index (χ1v) is 11.8. The standard InChI is InChI=1S/C21H20FN3O4S.C2HF3O2/c1-2-25(14-15-7-4-3-5-8-15)20-19(21(26)27)12-17(13-23-20)24-30(28,29)18-10-6-9-16(22)11-18;3-2(4,5)1(6)7/h3-13,24H,2,14H2,1H3,(H,26,27);(H,6,7). The molecule has 1 aromatic heterocycles. The van der Waals surface area contributed by atoms with Gasteiger partial charge in [-0.15, -0.1) is 0 Å². The van der Waals surface area contributed by atoms with Crippen molar-refractivity contribution >= 4 is 33.5 Å². The molecule has 0 fully saturated rings. The Morgan fingerprint density at radius 3 is 2.16 bits per heavy atom. The summed E-state index contributed by atoms with van der Waals surface area (Å²) in [6.07, 6.45) is -3.84. The Morgan fingerprint density at radius 1 is 1.03 bits per heavy atom. The largest absolute Gasteiger partial charge is 0.490 e. The average Bonchev–Trinajstić information content (AvgIpc) is 2.83. The van der Waals surface area contributed by atoms with E-state index in [0.717, 1.165) is 17.7 Å². The quantitative estimate of drug-likeness (QED) is 0.356. The van der Waals surface area contributed by atoms with Crippen LogP contribution in [0, 0.1) is 5.82 Å². The van der Waals surface area contributed by atoms with Crippen LogP contribution >= 0.6 is 0 Å². The molecule has 0 aliphatic rings. The summed E-state index contributed by atoms with van der Waals surface area (Å²) >= 11 is 0. The molecule has 0 aliphatic carbocycles. The highest BCUT2D eigenvalue weighted by Crippen LogP contribution is 2.25. The van der Waals surface area contributed by atoms with Gasteiger partial charge < -0.3 is 15.1 Å². The van der Waals surface area contributed by atoms with E-state index >= 15 is 0 Å². The van der Waals surface area contributed by atoms with Crippen molar-refractivity contribution in [3.8, 4) is 0 Å². The van der Waals surface area contributed by atoms with E-state index in [1.807, 2.05) is 37.3 Å². The van der Waals surface area contributed by atoms with Crippen LogP contribution in [-0.2, 0) is 21.4 Å². The molecule has 0 aliphatic heterocycles. The molecule has 2 aromatic carbocycles. The Morgan fingerprint density at radius 2 is 1.65 bits per heavy atom. The van der Waals surface area contributed by atoms with Crippen LogP contribution in [0.3, 0.4) is 0 Å². The first kappa shape index (κ1) is 29.0. The highest BCUT2D eigenvalue weighted by Gasteiger charge is 2.38. The zero-order valence-electron chi connectivity index (χ0n) is 19.1.